The van der Waals surface area contributed by atoms with Gasteiger partial charge in [-0.1, -0.05) is 0 Å². The Labute approximate surface area is 105 Å². The molecule has 3 nitrogen and oxygen atoms in total. The first-order valence-electron chi connectivity index (χ1n) is 4.59. The van der Waals surface area contributed by atoms with E-state index in [9.17, 15) is 13.2 Å². The Morgan fingerprint density at radius 1 is 1.24 bits per heavy atom. The van der Waals surface area contributed by atoms with Gasteiger partial charge in [0, 0.05) is 0 Å². The number of rotatable bonds is 5. The first-order valence-corrected chi connectivity index (χ1v) is 5.38. The van der Waals surface area contributed by atoms with Gasteiger partial charge >= 0.3 is 6.36 Å². The Hall–Kier alpha value is -0.950. The fourth-order valence-electron chi connectivity index (χ4n) is 1.03. The average Bonchev–Trinajstić information content (AvgIpc) is 2.24. The van der Waals surface area contributed by atoms with Crippen molar-refractivity contribution < 1.29 is 27.4 Å². The lowest BCUT2D eigenvalue weighted by Crippen LogP contribution is -2.18. The van der Waals surface area contributed by atoms with Crippen LogP contribution in [0.5, 0.6) is 11.5 Å². The van der Waals surface area contributed by atoms with Crippen LogP contribution in [0.2, 0.25) is 0 Å². The van der Waals surface area contributed by atoms with Crippen LogP contribution in [0, 0.1) is 0 Å². The van der Waals surface area contributed by atoms with E-state index in [0.717, 1.165) is 0 Å². The summed E-state index contributed by atoms with van der Waals surface area (Å²) in [6, 6.07) is 4.89. The van der Waals surface area contributed by atoms with E-state index in [2.05, 4.69) is 20.7 Å². The van der Waals surface area contributed by atoms with Crippen LogP contribution in [0.15, 0.2) is 22.7 Å². The maximum absolute atomic E-state index is 11.7. The van der Waals surface area contributed by atoms with E-state index in [1.807, 2.05) is 0 Å². The minimum absolute atomic E-state index is 0.190. The van der Waals surface area contributed by atoms with Crippen LogP contribution in [0.1, 0.15) is 0 Å². The molecule has 17 heavy (non-hydrogen) atoms. The van der Waals surface area contributed by atoms with Crippen LogP contribution in [0.3, 0.4) is 0 Å². The molecule has 0 saturated heterocycles. The summed E-state index contributed by atoms with van der Waals surface area (Å²) in [5.74, 6) is 1.05. The van der Waals surface area contributed by atoms with Crippen LogP contribution in [-0.4, -0.2) is 26.7 Å². The van der Waals surface area contributed by atoms with E-state index in [-0.39, 0.29) is 6.61 Å². The molecule has 0 N–H and O–H groups in total. The van der Waals surface area contributed by atoms with E-state index in [1.54, 1.807) is 18.2 Å². The number of alkyl halides is 3. The molecule has 1 aromatic carbocycles. The fourth-order valence-corrected chi connectivity index (χ4v) is 1.51. The highest BCUT2D eigenvalue weighted by atomic mass is 79.9. The maximum atomic E-state index is 11.7. The number of benzene rings is 1. The van der Waals surface area contributed by atoms with Crippen molar-refractivity contribution in [1.29, 1.82) is 0 Å². The maximum Gasteiger partial charge on any atom is 0.522 e. The van der Waals surface area contributed by atoms with Crippen molar-refractivity contribution in [3.8, 4) is 11.5 Å². The molecule has 0 spiro atoms. The van der Waals surface area contributed by atoms with Gasteiger partial charge in [0.25, 0.3) is 0 Å². The summed E-state index contributed by atoms with van der Waals surface area (Å²) >= 11 is 3.21. The lowest BCUT2D eigenvalue weighted by molar-refractivity contribution is -0.325. The second-order valence-electron chi connectivity index (χ2n) is 2.94. The molecular formula is C10H10BrF3O3. The summed E-state index contributed by atoms with van der Waals surface area (Å²) < 4.78 is 49.2. The molecule has 7 heteroatoms. The zero-order valence-corrected chi connectivity index (χ0v) is 10.5. The van der Waals surface area contributed by atoms with E-state index < -0.39 is 13.0 Å². The van der Waals surface area contributed by atoms with E-state index in [0.29, 0.717) is 16.0 Å². The average molecular weight is 315 g/mol. The van der Waals surface area contributed by atoms with Crippen molar-refractivity contribution in [3.05, 3.63) is 22.7 Å². The summed E-state index contributed by atoms with van der Waals surface area (Å²) in [5, 5.41) is 0. The molecule has 96 valence electrons. The second-order valence-corrected chi connectivity index (χ2v) is 3.79. The van der Waals surface area contributed by atoms with E-state index in [1.165, 1.54) is 7.11 Å². The van der Waals surface area contributed by atoms with Gasteiger partial charge in [-0.05, 0) is 34.1 Å². The molecular weight excluding hydrogens is 305 g/mol. The van der Waals surface area contributed by atoms with Gasteiger partial charge in [-0.15, -0.1) is 13.2 Å². The summed E-state index contributed by atoms with van der Waals surface area (Å²) in [6.45, 7) is -0.744. The Balaban J connectivity index is 2.42. The highest BCUT2D eigenvalue weighted by Gasteiger charge is 2.28. The standard InChI is InChI=1S/C10H10BrF3O3/c1-15-7-2-3-9(8(11)6-7)16-4-5-17-10(12,13)14/h2-3,6H,4-5H2,1H3. The van der Waals surface area contributed by atoms with Crippen molar-refractivity contribution in [1.82, 2.24) is 0 Å². The summed E-state index contributed by atoms with van der Waals surface area (Å²) in [4.78, 5) is 0. The third kappa shape index (κ3) is 5.27. The summed E-state index contributed by atoms with van der Waals surface area (Å²) in [6.07, 6.45) is -4.62. The molecule has 0 heterocycles. The fraction of sp³-hybridized carbons (Fsp3) is 0.400. The largest absolute Gasteiger partial charge is 0.522 e. The van der Waals surface area contributed by atoms with Gasteiger partial charge in [-0.2, -0.15) is 0 Å². The quantitative estimate of drug-likeness (QED) is 0.780. The molecule has 0 fully saturated rings. The van der Waals surface area contributed by atoms with E-state index in [4.69, 9.17) is 9.47 Å². The van der Waals surface area contributed by atoms with Gasteiger partial charge in [0.05, 0.1) is 18.2 Å². The molecule has 0 aliphatic rings. The SMILES string of the molecule is COc1ccc(OCCOC(F)(F)F)c(Br)c1. The molecule has 0 saturated carbocycles. The molecule has 0 radical (unpaired) electrons. The van der Waals surface area contributed by atoms with Crippen molar-refractivity contribution in [3.63, 3.8) is 0 Å². The molecule has 0 aromatic heterocycles. The Kier molecular flexibility index (Phi) is 5.07. The van der Waals surface area contributed by atoms with Gasteiger partial charge in [0.1, 0.15) is 18.1 Å². The minimum atomic E-state index is -4.62. The summed E-state index contributed by atoms with van der Waals surface area (Å²) in [5.41, 5.74) is 0. The van der Waals surface area contributed by atoms with Crippen molar-refractivity contribution in [2.45, 2.75) is 6.36 Å². The van der Waals surface area contributed by atoms with Gasteiger partial charge in [-0.3, -0.25) is 4.74 Å². The molecule has 0 amide bonds. The zero-order valence-electron chi connectivity index (χ0n) is 8.88. The third-order valence-electron chi connectivity index (χ3n) is 1.75. The third-order valence-corrected chi connectivity index (χ3v) is 2.37. The number of hydrogen-bond acceptors (Lipinski definition) is 3. The smallest absolute Gasteiger partial charge is 0.497 e. The molecule has 1 rings (SSSR count). The van der Waals surface area contributed by atoms with Gasteiger partial charge in [0.2, 0.25) is 0 Å². The predicted octanol–water partition coefficient (Wildman–Crippen LogP) is 3.37. The van der Waals surface area contributed by atoms with Crippen molar-refractivity contribution in [2.75, 3.05) is 20.3 Å². The molecule has 1 aromatic rings. The Bertz CT molecular complexity index is 368. The number of ether oxygens (including phenoxy) is 3. The van der Waals surface area contributed by atoms with Crippen LogP contribution in [0.4, 0.5) is 13.2 Å². The highest BCUT2D eigenvalue weighted by Crippen LogP contribution is 2.29. The number of methoxy groups -OCH3 is 1. The van der Waals surface area contributed by atoms with Crippen LogP contribution < -0.4 is 9.47 Å². The zero-order chi connectivity index (χ0) is 12.9. The lowest BCUT2D eigenvalue weighted by atomic mass is 10.3. The summed E-state index contributed by atoms with van der Waals surface area (Å²) in [7, 11) is 1.51. The normalized spacial score (nSPS) is 11.4. The lowest BCUT2D eigenvalue weighted by Gasteiger charge is -2.10. The van der Waals surface area contributed by atoms with Crippen LogP contribution >= 0.6 is 15.9 Å². The predicted molar refractivity (Wildman–Crippen MR) is 58.2 cm³/mol. The monoisotopic (exact) mass is 314 g/mol. The molecule has 0 aliphatic carbocycles. The van der Waals surface area contributed by atoms with E-state index >= 15 is 0 Å². The van der Waals surface area contributed by atoms with Crippen LogP contribution in [0.25, 0.3) is 0 Å². The first kappa shape index (κ1) is 14.1. The second kappa shape index (κ2) is 6.11. The Morgan fingerprint density at radius 3 is 2.47 bits per heavy atom. The molecule has 0 unspecified atom stereocenters. The topological polar surface area (TPSA) is 27.7 Å². The molecule has 0 aliphatic heterocycles. The van der Waals surface area contributed by atoms with Gasteiger partial charge < -0.3 is 9.47 Å². The Morgan fingerprint density at radius 2 is 1.94 bits per heavy atom. The number of halogens is 4. The molecule has 0 bridgehead atoms. The van der Waals surface area contributed by atoms with Gasteiger partial charge in [0.15, 0.2) is 0 Å². The van der Waals surface area contributed by atoms with Crippen LogP contribution in [-0.2, 0) is 4.74 Å². The highest BCUT2D eigenvalue weighted by molar-refractivity contribution is 9.10. The first-order chi connectivity index (χ1) is 7.92. The minimum Gasteiger partial charge on any atom is -0.497 e. The van der Waals surface area contributed by atoms with Gasteiger partial charge in [-0.25, -0.2) is 0 Å². The number of hydrogen-bond donors (Lipinski definition) is 0. The van der Waals surface area contributed by atoms with Crippen molar-refractivity contribution >= 4 is 15.9 Å². The van der Waals surface area contributed by atoms with Crippen molar-refractivity contribution in [2.24, 2.45) is 0 Å². The molecule has 0 atom stereocenters.